The third kappa shape index (κ3) is 5.35. The summed E-state index contributed by atoms with van der Waals surface area (Å²) in [4.78, 5) is 5.74. The topological polar surface area (TPSA) is 32.7 Å². The van der Waals surface area contributed by atoms with Gasteiger partial charge in [0.05, 0.1) is 22.4 Å². The summed E-state index contributed by atoms with van der Waals surface area (Å²) in [6, 6.07) is 8.46. The summed E-state index contributed by atoms with van der Waals surface area (Å²) < 4.78 is 29.6. The van der Waals surface area contributed by atoms with Crippen LogP contribution < -0.4 is 5.06 Å². The van der Waals surface area contributed by atoms with E-state index in [1.54, 1.807) is 19.9 Å². The molecule has 0 amide bonds. The number of hydrogen-bond acceptors (Lipinski definition) is 3. The van der Waals surface area contributed by atoms with Gasteiger partial charge in [-0.1, -0.05) is 0 Å². The largest absolute Gasteiger partial charge is 0.390 e. The van der Waals surface area contributed by atoms with Gasteiger partial charge in [-0.3, -0.25) is 4.84 Å². The van der Waals surface area contributed by atoms with E-state index < -0.39 is 17.2 Å². The van der Waals surface area contributed by atoms with Crippen LogP contribution in [-0.2, 0) is 4.84 Å². The van der Waals surface area contributed by atoms with Crippen molar-refractivity contribution in [3.63, 3.8) is 0 Å². The van der Waals surface area contributed by atoms with Crippen LogP contribution in [0.25, 0.3) is 0 Å². The molecule has 3 nitrogen and oxygen atoms in total. The second kappa shape index (κ2) is 8.28. The lowest BCUT2D eigenvalue weighted by atomic mass is 10.1. The minimum atomic E-state index is -1.00. The molecule has 0 bridgehead atoms. The quantitative estimate of drug-likeness (QED) is 0.291. The molecule has 0 aliphatic rings. The summed E-state index contributed by atoms with van der Waals surface area (Å²) in [6.45, 7) is 5.34. The summed E-state index contributed by atoms with van der Waals surface area (Å²) in [6.07, 6.45) is 0.341. The highest BCUT2D eigenvalue weighted by Crippen LogP contribution is 2.34. The fourth-order valence-electron chi connectivity index (χ4n) is 2.17. The highest BCUT2D eigenvalue weighted by atomic mass is 127. The number of hydrogen-bond donors (Lipinski definition) is 1. The fourth-order valence-corrected chi connectivity index (χ4v) is 3.13. The van der Waals surface area contributed by atoms with Gasteiger partial charge in [0.1, 0.15) is 5.69 Å². The van der Waals surface area contributed by atoms with Crippen LogP contribution in [0.4, 0.5) is 20.2 Å². The normalized spacial score (nSPS) is 11.7. The average Bonchev–Trinajstić information content (AvgIpc) is 2.50. The molecular formula is C18H19BrF2INO2. The van der Waals surface area contributed by atoms with Gasteiger partial charge >= 0.3 is 0 Å². The van der Waals surface area contributed by atoms with Crippen molar-refractivity contribution in [3.8, 4) is 0 Å². The Labute approximate surface area is 168 Å². The second-order valence-corrected chi connectivity index (χ2v) is 8.42. The smallest absolute Gasteiger partial charge is 0.186 e. The van der Waals surface area contributed by atoms with Crippen LogP contribution in [0.3, 0.4) is 0 Å². The van der Waals surface area contributed by atoms with Crippen LogP contribution in [0, 0.1) is 22.1 Å². The third-order valence-electron chi connectivity index (χ3n) is 3.55. The van der Waals surface area contributed by atoms with Crippen LogP contribution in [0.2, 0.25) is 0 Å². The van der Waals surface area contributed by atoms with E-state index in [1.807, 2.05) is 19.1 Å². The molecule has 25 heavy (non-hydrogen) atoms. The van der Waals surface area contributed by atoms with Crippen molar-refractivity contribution < 1.29 is 18.7 Å². The van der Waals surface area contributed by atoms with Gasteiger partial charge in [0.25, 0.3) is 0 Å². The van der Waals surface area contributed by atoms with Crippen molar-refractivity contribution in [2.24, 2.45) is 0 Å². The number of benzene rings is 2. The molecule has 2 aromatic rings. The molecule has 0 saturated carbocycles. The number of anilines is 2. The maximum absolute atomic E-state index is 14.5. The predicted molar refractivity (Wildman–Crippen MR) is 107 cm³/mol. The minimum Gasteiger partial charge on any atom is -0.390 e. The van der Waals surface area contributed by atoms with Gasteiger partial charge in [0, 0.05) is 9.99 Å². The van der Waals surface area contributed by atoms with Crippen molar-refractivity contribution >= 4 is 49.9 Å². The van der Waals surface area contributed by atoms with Crippen LogP contribution >= 0.6 is 38.5 Å². The SMILES string of the molecule is Cc1cc(I)ccc1N(OCCC(C)(C)O)c1ccc(Br)c(F)c1F. The van der Waals surface area contributed by atoms with Crippen LogP contribution in [0.5, 0.6) is 0 Å². The van der Waals surface area contributed by atoms with Gasteiger partial charge in [0.15, 0.2) is 11.6 Å². The van der Waals surface area contributed by atoms with Crippen molar-refractivity contribution in [2.75, 3.05) is 11.7 Å². The monoisotopic (exact) mass is 525 g/mol. The summed E-state index contributed by atoms with van der Waals surface area (Å²) in [5.41, 5.74) is 0.520. The number of rotatable bonds is 6. The molecular weight excluding hydrogens is 507 g/mol. The zero-order valence-corrected chi connectivity index (χ0v) is 17.9. The molecule has 2 rings (SSSR count). The first-order valence-corrected chi connectivity index (χ1v) is 9.52. The Hall–Kier alpha value is -0.770. The Bertz CT molecular complexity index is 765. The highest BCUT2D eigenvalue weighted by Gasteiger charge is 2.22. The second-order valence-electron chi connectivity index (χ2n) is 6.32. The zero-order valence-electron chi connectivity index (χ0n) is 14.1. The molecule has 0 radical (unpaired) electrons. The van der Waals surface area contributed by atoms with Gasteiger partial charge in [-0.2, -0.15) is 0 Å². The number of aliphatic hydroxyl groups is 1. The molecule has 7 heteroatoms. The standard InChI is InChI=1S/C18H19BrF2INO2/c1-11-10-12(22)4-6-14(11)23(25-9-8-18(2,3)24)15-7-5-13(19)16(20)17(15)21/h4-7,10,24H,8-9H2,1-3H3. The number of halogens is 4. The molecule has 0 unspecified atom stereocenters. The van der Waals surface area contributed by atoms with E-state index in [0.29, 0.717) is 12.1 Å². The van der Waals surface area contributed by atoms with E-state index >= 15 is 0 Å². The lowest BCUT2D eigenvalue weighted by molar-refractivity contribution is 0.0279. The molecule has 0 fully saturated rings. The average molecular weight is 526 g/mol. The van der Waals surface area contributed by atoms with Crippen molar-refractivity contribution in [3.05, 3.63) is 55.6 Å². The summed E-state index contributed by atoms with van der Waals surface area (Å²) in [7, 11) is 0. The van der Waals surface area contributed by atoms with E-state index in [-0.39, 0.29) is 16.8 Å². The van der Waals surface area contributed by atoms with E-state index in [0.717, 1.165) is 9.13 Å². The van der Waals surface area contributed by atoms with E-state index in [9.17, 15) is 13.9 Å². The van der Waals surface area contributed by atoms with E-state index in [1.165, 1.54) is 17.2 Å². The number of aryl methyl sites for hydroxylation is 1. The molecule has 0 spiro atoms. The summed E-state index contributed by atoms with van der Waals surface area (Å²) >= 11 is 5.16. The van der Waals surface area contributed by atoms with Crippen molar-refractivity contribution in [2.45, 2.75) is 32.8 Å². The van der Waals surface area contributed by atoms with Crippen LogP contribution in [0.1, 0.15) is 25.8 Å². The Morgan fingerprint density at radius 3 is 2.40 bits per heavy atom. The predicted octanol–water partition coefficient (Wildman–Crippen LogP) is 5.87. The molecule has 2 aromatic carbocycles. The molecule has 0 aromatic heterocycles. The third-order valence-corrected chi connectivity index (χ3v) is 4.83. The maximum atomic E-state index is 14.5. The molecule has 0 atom stereocenters. The summed E-state index contributed by atoms with van der Waals surface area (Å²) in [5, 5.41) is 11.1. The van der Waals surface area contributed by atoms with Gasteiger partial charge in [-0.05, 0) is 95.2 Å². The van der Waals surface area contributed by atoms with Crippen LogP contribution in [-0.4, -0.2) is 17.3 Å². The van der Waals surface area contributed by atoms with Crippen molar-refractivity contribution in [1.82, 2.24) is 0 Å². The first-order valence-electron chi connectivity index (χ1n) is 7.65. The Balaban J connectivity index is 2.44. The van der Waals surface area contributed by atoms with Gasteiger partial charge in [0.2, 0.25) is 0 Å². The van der Waals surface area contributed by atoms with Gasteiger partial charge < -0.3 is 5.11 Å². The molecule has 0 heterocycles. The maximum Gasteiger partial charge on any atom is 0.186 e. The van der Waals surface area contributed by atoms with Gasteiger partial charge in [-0.15, -0.1) is 0 Å². The Kier molecular flexibility index (Phi) is 6.80. The molecule has 0 aliphatic heterocycles. The van der Waals surface area contributed by atoms with Gasteiger partial charge in [-0.25, -0.2) is 13.8 Å². The fraction of sp³-hybridized carbons (Fsp3) is 0.333. The van der Waals surface area contributed by atoms with E-state index in [4.69, 9.17) is 4.84 Å². The molecule has 1 N–H and O–H groups in total. The Morgan fingerprint density at radius 2 is 1.80 bits per heavy atom. The summed E-state index contributed by atoms with van der Waals surface area (Å²) in [5.74, 6) is -1.98. The molecule has 136 valence electrons. The highest BCUT2D eigenvalue weighted by molar-refractivity contribution is 14.1. The van der Waals surface area contributed by atoms with Crippen molar-refractivity contribution in [1.29, 1.82) is 0 Å². The number of nitrogens with zero attached hydrogens (tertiary/aromatic N) is 1. The van der Waals surface area contributed by atoms with Crippen LogP contribution in [0.15, 0.2) is 34.8 Å². The zero-order chi connectivity index (χ0) is 18.8. The Morgan fingerprint density at radius 1 is 1.16 bits per heavy atom. The first-order chi connectivity index (χ1) is 11.6. The molecule has 0 aliphatic carbocycles. The molecule has 0 saturated heterocycles. The lowest BCUT2D eigenvalue weighted by Crippen LogP contribution is -2.26. The lowest BCUT2D eigenvalue weighted by Gasteiger charge is -2.27. The first kappa shape index (κ1) is 20.5. The van der Waals surface area contributed by atoms with E-state index in [2.05, 4.69) is 38.5 Å². The minimum absolute atomic E-state index is 0.0271.